The molecule has 0 radical (unpaired) electrons. The van der Waals surface area contributed by atoms with Crippen LogP contribution in [0.4, 0.5) is 0 Å². The molecule has 0 saturated carbocycles. The normalized spacial score (nSPS) is 9.75. The minimum absolute atomic E-state index is 0.00619. The molecular formula is C6H10N4O2. The van der Waals surface area contributed by atoms with Gasteiger partial charge in [0.05, 0.1) is 6.54 Å². The number of amides is 1. The SMILES string of the molecule is NCC(=O)NCCc1ncon1. The lowest BCUT2D eigenvalue weighted by Crippen LogP contribution is -2.31. The van der Waals surface area contributed by atoms with Gasteiger partial charge in [0.2, 0.25) is 12.3 Å². The van der Waals surface area contributed by atoms with Crippen molar-refractivity contribution in [2.24, 2.45) is 5.73 Å². The number of nitrogens with zero attached hydrogens (tertiary/aromatic N) is 2. The highest BCUT2D eigenvalue weighted by molar-refractivity contribution is 5.77. The van der Waals surface area contributed by atoms with Gasteiger partial charge in [-0.3, -0.25) is 4.79 Å². The van der Waals surface area contributed by atoms with Crippen molar-refractivity contribution >= 4 is 5.91 Å². The van der Waals surface area contributed by atoms with E-state index in [9.17, 15) is 4.79 Å². The second-order valence-corrected chi connectivity index (χ2v) is 2.15. The molecule has 0 aliphatic carbocycles. The summed E-state index contributed by atoms with van der Waals surface area (Å²) in [5.41, 5.74) is 5.07. The second kappa shape index (κ2) is 4.45. The minimum atomic E-state index is -0.182. The van der Waals surface area contributed by atoms with Crippen LogP contribution in [0.1, 0.15) is 5.82 Å². The lowest BCUT2D eigenvalue weighted by molar-refractivity contribution is -0.119. The van der Waals surface area contributed by atoms with Gasteiger partial charge in [-0.25, -0.2) is 0 Å². The van der Waals surface area contributed by atoms with Crippen LogP contribution in [-0.4, -0.2) is 29.1 Å². The zero-order valence-electron chi connectivity index (χ0n) is 6.49. The standard InChI is InChI=1S/C6H10N4O2/c7-3-6(11)8-2-1-5-9-4-12-10-5/h4H,1-3,7H2,(H,8,11). The first kappa shape index (κ1) is 8.66. The van der Waals surface area contributed by atoms with Crippen LogP contribution in [0.2, 0.25) is 0 Å². The molecule has 1 rings (SSSR count). The highest BCUT2D eigenvalue weighted by Gasteiger charge is 1.99. The third-order valence-electron chi connectivity index (χ3n) is 1.26. The number of nitrogens with one attached hydrogen (secondary N) is 1. The van der Waals surface area contributed by atoms with Crippen LogP contribution in [-0.2, 0) is 11.2 Å². The van der Waals surface area contributed by atoms with Gasteiger partial charge in [0, 0.05) is 13.0 Å². The molecule has 0 unspecified atom stereocenters. The Hall–Kier alpha value is -1.43. The lowest BCUT2D eigenvalue weighted by Gasteiger charge is -1.98. The second-order valence-electron chi connectivity index (χ2n) is 2.15. The van der Waals surface area contributed by atoms with E-state index in [1.807, 2.05) is 0 Å². The van der Waals surface area contributed by atoms with Gasteiger partial charge in [-0.05, 0) is 0 Å². The van der Waals surface area contributed by atoms with Crippen LogP contribution in [0.25, 0.3) is 0 Å². The Kier molecular flexibility index (Phi) is 3.21. The molecule has 0 fully saturated rings. The predicted octanol–water partition coefficient (Wildman–Crippen LogP) is -1.31. The predicted molar refractivity (Wildman–Crippen MR) is 40.1 cm³/mol. The van der Waals surface area contributed by atoms with E-state index < -0.39 is 0 Å². The van der Waals surface area contributed by atoms with Crippen molar-refractivity contribution in [2.75, 3.05) is 13.1 Å². The highest BCUT2D eigenvalue weighted by Crippen LogP contribution is 1.87. The Morgan fingerprint density at radius 1 is 1.75 bits per heavy atom. The molecule has 6 heteroatoms. The number of carbonyl (C=O) groups is 1. The largest absolute Gasteiger partial charge is 0.355 e. The van der Waals surface area contributed by atoms with E-state index in [2.05, 4.69) is 20.0 Å². The molecule has 0 bridgehead atoms. The molecule has 0 aliphatic heterocycles. The molecule has 0 atom stereocenters. The molecule has 1 heterocycles. The molecular weight excluding hydrogens is 160 g/mol. The zero-order valence-corrected chi connectivity index (χ0v) is 6.49. The molecule has 3 N–H and O–H groups in total. The fraction of sp³-hybridized carbons (Fsp3) is 0.500. The van der Waals surface area contributed by atoms with E-state index in [-0.39, 0.29) is 12.5 Å². The third kappa shape index (κ3) is 2.67. The van der Waals surface area contributed by atoms with Crippen LogP contribution >= 0.6 is 0 Å². The summed E-state index contributed by atoms with van der Waals surface area (Å²) in [5.74, 6) is 0.394. The van der Waals surface area contributed by atoms with Gasteiger partial charge in [0.25, 0.3) is 0 Å². The van der Waals surface area contributed by atoms with Crippen LogP contribution in [0, 0.1) is 0 Å². The number of rotatable bonds is 4. The first-order valence-corrected chi connectivity index (χ1v) is 3.55. The van der Waals surface area contributed by atoms with E-state index in [0.29, 0.717) is 18.8 Å². The number of hydrogen-bond acceptors (Lipinski definition) is 5. The van der Waals surface area contributed by atoms with Crippen molar-refractivity contribution in [1.82, 2.24) is 15.5 Å². The van der Waals surface area contributed by atoms with E-state index in [0.717, 1.165) is 0 Å². The number of hydrogen-bond donors (Lipinski definition) is 2. The summed E-state index contributed by atoms with van der Waals surface area (Å²) in [4.78, 5) is 14.4. The quantitative estimate of drug-likeness (QED) is 0.585. The maximum Gasteiger partial charge on any atom is 0.233 e. The summed E-state index contributed by atoms with van der Waals surface area (Å²) in [6.07, 6.45) is 1.81. The van der Waals surface area contributed by atoms with Gasteiger partial charge in [-0.2, -0.15) is 4.98 Å². The molecule has 1 aromatic heterocycles. The summed E-state index contributed by atoms with van der Waals surface area (Å²) < 4.78 is 4.50. The molecule has 66 valence electrons. The highest BCUT2D eigenvalue weighted by atomic mass is 16.5. The summed E-state index contributed by atoms with van der Waals surface area (Å²) in [6, 6.07) is 0. The van der Waals surface area contributed by atoms with E-state index in [1.165, 1.54) is 6.39 Å². The van der Waals surface area contributed by atoms with E-state index in [1.54, 1.807) is 0 Å². The Morgan fingerprint density at radius 2 is 2.58 bits per heavy atom. The maximum atomic E-state index is 10.6. The summed E-state index contributed by atoms with van der Waals surface area (Å²) in [6.45, 7) is 0.488. The van der Waals surface area contributed by atoms with Gasteiger partial charge >= 0.3 is 0 Å². The molecule has 0 aliphatic rings. The van der Waals surface area contributed by atoms with E-state index >= 15 is 0 Å². The third-order valence-corrected chi connectivity index (χ3v) is 1.26. The van der Waals surface area contributed by atoms with Gasteiger partial charge in [-0.1, -0.05) is 5.16 Å². The maximum absolute atomic E-state index is 10.6. The minimum Gasteiger partial charge on any atom is -0.355 e. The first-order chi connectivity index (χ1) is 5.83. The number of nitrogens with two attached hydrogens (primary N) is 1. The number of aromatic nitrogens is 2. The molecule has 1 amide bonds. The Labute approximate surface area is 69.1 Å². The Balaban J connectivity index is 2.15. The van der Waals surface area contributed by atoms with Gasteiger partial charge in [-0.15, -0.1) is 0 Å². The van der Waals surface area contributed by atoms with Crippen LogP contribution < -0.4 is 11.1 Å². The van der Waals surface area contributed by atoms with Gasteiger partial charge in [0.1, 0.15) is 0 Å². The molecule has 1 aromatic rings. The molecule has 0 saturated heterocycles. The molecule has 0 aromatic carbocycles. The monoisotopic (exact) mass is 170 g/mol. The van der Waals surface area contributed by atoms with Gasteiger partial charge < -0.3 is 15.6 Å². The fourth-order valence-corrected chi connectivity index (χ4v) is 0.688. The molecule has 0 spiro atoms. The van der Waals surface area contributed by atoms with Crippen molar-refractivity contribution in [3.63, 3.8) is 0 Å². The van der Waals surface area contributed by atoms with E-state index in [4.69, 9.17) is 5.73 Å². The number of carbonyl (C=O) groups excluding carboxylic acids is 1. The average Bonchev–Trinajstić information content (AvgIpc) is 2.57. The average molecular weight is 170 g/mol. The fourth-order valence-electron chi connectivity index (χ4n) is 0.688. The van der Waals surface area contributed by atoms with Gasteiger partial charge in [0.15, 0.2) is 5.82 Å². The smallest absolute Gasteiger partial charge is 0.233 e. The molecule has 6 nitrogen and oxygen atoms in total. The Morgan fingerprint density at radius 3 is 3.17 bits per heavy atom. The van der Waals surface area contributed by atoms with Crippen molar-refractivity contribution in [2.45, 2.75) is 6.42 Å². The zero-order chi connectivity index (χ0) is 8.81. The summed E-state index contributed by atoms with van der Waals surface area (Å²) in [7, 11) is 0. The first-order valence-electron chi connectivity index (χ1n) is 3.55. The van der Waals surface area contributed by atoms with Crippen molar-refractivity contribution < 1.29 is 9.32 Å². The van der Waals surface area contributed by atoms with Crippen molar-refractivity contribution in [3.8, 4) is 0 Å². The summed E-state index contributed by atoms with van der Waals surface area (Å²) in [5, 5.41) is 6.16. The van der Waals surface area contributed by atoms with Crippen LogP contribution in [0.3, 0.4) is 0 Å². The van der Waals surface area contributed by atoms with Crippen molar-refractivity contribution in [3.05, 3.63) is 12.2 Å². The molecule has 12 heavy (non-hydrogen) atoms. The van der Waals surface area contributed by atoms with Crippen LogP contribution in [0.15, 0.2) is 10.9 Å². The van der Waals surface area contributed by atoms with Crippen molar-refractivity contribution in [1.29, 1.82) is 0 Å². The Bertz CT molecular complexity index is 234. The van der Waals surface area contributed by atoms with Crippen LogP contribution in [0.5, 0.6) is 0 Å². The summed E-state index contributed by atoms with van der Waals surface area (Å²) >= 11 is 0. The lowest BCUT2D eigenvalue weighted by atomic mass is 10.4. The topological polar surface area (TPSA) is 94.0 Å².